The van der Waals surface area contributed by atoms with E-state index in [1.807, 2.05) is 62.4 Å². The van der Waals surface area contributed by atoms with Crippen molar-refractivity contribution < 1.29 is 14.6 Å². The summed E-state index contributed by atoms with van der Waals surface area (Å²) in [5.41, 5.74) is 0.991. The lowest BCUT2D eigenvalue weighted by molar-refractivity contribution is -0.126. The zero-order valence-corrected chi connectivity index (χ0v) is 13.7. The molecule has 4 heteroatoms. The number of aliphatic hydroxyl groups is 1. The molecule has 0 heterocycles. The van der Waals surface area contributed by atoms with Crippen LogP contribution in [-0.2, 0) is 10.2 Å². The summed E-state index contributed by atoms with van der Waals surface area (Å²) in [5, 5.41) is 13.1. The molecule has 2 aromatic carbocycles. The lowest BCUT2D eigenvalue weighted by Gasteiger charge is -2.25. The highest BCUT2D eigenvalue weighted by Crippen LogP contribution is 2.23. The van der Waals surface area contributed by atoms with Gasteiger partial charge in [-0.1, -0.05) is 42.5 Å². The lowest BCUT2D eigenvalue weighted by atomic mass is 9.83. The van der Waals surface area contributed by atoms with E-state index in [2.05, 4.69) is 5.32 Å². The average Bonchev–Trinajstić information content (AvgIpc) is 2.60. The number of ether oxygens (including phenoxy) is 1. The van der Waals surface area contributed by atoms with Gasteiger partial charge in [0.15, 0.2) is 0 Å². The largest absolute Gasteiger partial charge is 0.497 e. The molecular formula is C19H23NO3. The van der Waals surface area contributed by atoms with Crippen LogP contribution in [-0.4, -0.2) is 24.7 Å². The average molecular weight is 313 g/mol. The van der Waals surface area contributed by atoms with E-state index in [0.29, 0.717) is 11.3 Å². The second kappa shape index (κ2) is 7.29. The summed E-state index contributed by atoms with van der Waals surface area (Å²) in [5.74, 6) is 0.558. The monoisotopic (exact) mass is 313 g/mol. The van der Waals surface area contributed by atoms with Gasteiger partial charge < -0.3 is 15.2 Å². The van der Waals surface area contributed by atoms with Crippen LogP contribution in [0.15, 0.2) is 54.6 Å². The van der Waals surface area contributed by atoms with Gasteiger partial charge in [-0.05, 0) is 37.1 Å². The van der Waals surface area contributed by atoms with Gasteiger partial charge in [0.25, 0.3) is 0 Å². The number of hydrogen-bond acceptors (Lipinski definition) is 3. The van der Waals surface area contributed by atoms with Gasteiger partial charge in [-0.25, -0.2) is 0 Å². The summed E-state index contributed by atoms with van der Waals surface area (Å²) in [4.78, 5) is 12.5. The van der Waals surface area contributed by atoms with Crippen LogP contribution in [0, 0.1) is 0 Å². The van der Waals surface area contributed by atoms with Crippen LogP contribution in [0.5, 0.6) is 5.75 Å². The van der Waals surface area contributed by atoms with E-state index in [1.165, 1.54) is 0 Å². The normalized spacial score (nSPS) is 12.5. The SMILES string of the molecule is COc1cccc([C@@H](O)CNC(=O)C(C)(C)c2ccccc2)c1. The van der Waals surface area contributed by atoms with Crippen LogP contribution in [0.4, 0.5) is 0 Å². The van der Waals surface area contributed by atoms with Crippen molar-refractivity contribution in [2.24, 2.45) is 0 Å². The molecule has 2 rings (SSSR count). The first kappa shape index (κ1) is 17.0. The number of rotatable bonds is 6. The highest BCUT2D eigenvalue weighted by atomic mass is 16.5. The Labute approximate surface area is 137 Å². The van der Waals surface area contributed by atoms with Gasteiger partial charge in [-0.15, -0.1) is 0 Å². The number of methoxy groups -OCH3 is 1. The minimum atomic E-state index is -0.777. The third-order valence-corrected chi connectivity index (χ3v) is 4.00. The topological polar surface area (TPSA) is 58.6 Å². The van der Waals surface area contributed by atoms with Crippen molar-refractivity contribution in [3.8, 4) is 5.75 Å². The molecule has 0 aliphatic carbocycles. The first-order valence-corrected chi connectivity index (χ1v) is 7.61. The highest BCUT2D eigenvalue weighted by molar-refractivity contribution is 5.87. The van der Waals surface area contributed by atoms with Gasteiger partial charge >= 0.3 is 0 Å². The third kappa shape index (κ3) is 4.11. The Balaban J connectivity index is 2.00. The predicted octanol–water partition coefficient (Wildman–Crippen LogP) is 2.82. The maximum atomic E-state index is 12.5. The molecule has 1 atom stereocenters. The van der Waals surface area contributed by atoms with Crippen molar-refractivity contribution in [1.29, 1.82) is 0 Å². The number of benzene rings is 2. The summed E-state index contributed by atoms with van der Waals surface area (Å²) >= 11 is 0. The molecule has 0 spiro atoms. The molecule has 0 unspecified atom stereocenters. The Morgan fingerprint density at radius 2 is 1.87 bits per heavy atom. The van der Waals surface area contributed by atoms with E-state index in [0.717, 1.165) is 5.56 Å². The summed E-state index contributed by atoms with van der Waals surface area (Å²) in [6.45, 7) is 3.90. The van der Waals surface area contributed by atoms with Crippen LogP contribution in [0.1, 0.15) is 31.1 Å². The van der Waals surface area contributed by atoms with Crippen molar-refractivity contribution in [3.05, 3.63) is 65.7 Å². The fourth-order valence-corrected chi connectivity index (χ4v) is 2.36. The smallest absolute Gasteiger partial charge is 0.230 e. The Morgan fingerprint density at radius 3 is 2.52 bits per heavy atom. The zero-order chi connectivity index (χ0) is 16.9. The molecule has 0 radical (unpaired) electrons. The van der Waals surface area contributed by atoms with Crippen LogP contribution in [0.2, 0.25) is 0 Å². The van der Waals surface area contributed by atoms with Gasteiger partial charge in [0.2, 0.25) is 5.91 Å². The Bertz CT molecular complexity index is 653. The minimum absolute atomic E-state index is 0.120. The molecule has 0 saturated heterocycles. The quantitative estimate of drug-likeness (QED) is 0.862. The summed E-state index contributed by atoms with van der Waals surface area (Å²) < 4.78 is 5.14. The van der Waals surface area contributed by atoms with Crippen molar-refractivity contribution in [2.75, 3.05) is 13.7 Å². The number of aliphatic hydroxyl groups excluding tert-OH is 1. The minimum Gasteiger partial charge on any atom is -0.497 e. The molecule has 2 aromatic rings. The van der Waals surface area contributed by atoms with Gasteiger partial charge in [0.1, 0.15) is 5.75 Å². The fraction of sp³-hybridized carbons (Fsp3) is 0.316. The van der Waals surface area contributed by atoms with Crippen LogP contribution >= 0.6 is 0 Å². The van der Waals surface area contributed by atoms with Gasteiger partial charge in [-0.3, -0.25) is 4.79 Å². The highest BCUT2D eigenvalue weighted by Gasteiger charge is 2.29. The molecule has 0 aromatic heterocycles. The number of carbonyl (C=O) groups excluding carboxylic acids is 1. The van der Waals surface area contributed by atoms with Crippen molar-refractivity contribution in [1.82, 2.24) is 5.32 Å². The molecule has 2 N–H and O–H groups in total. The fourth-order valence-electron chi connectivity index (χ4n) is 2.36. The molecule has 122 valence electrons. The third-order valence-electron chi connectivity index (χ3n) is 4.00. The first-order chi connectivity index (χ1) is 10.9. The second-order valence-corrected chi connectivity index (χ2v) is 5.99. The standard InChI is InChI=1S/C19H23NO3/c1-19(2,15-9-5-4-6-10-15)18(22)20-13-17(21)14-8-7-11-16(12-14)23-3/h4-12,17,21H,13H2,1-3H3,(H,20,22)/t17-/m0/s1. The molecule has 4 nitrogen and oxygen atoms in total. The Kier molecular flexibility index (Phi) is 5.40. The maximum absolute atomic E-state index is 12.5. The van der Waals surface area contributed by atoms with E-state index in [1.54, 1.807) is 13.2 Å². The zero-order valence-electron chi connectivity index (χ0n) is 13.7. The van der Waals surface area contributed by atoms with E-state index in [9.17, 15) is 9.90 Å². The molecule has 1 amide bonds. The van der Waals surface area contributed by atoms with Crippen LogP contribution in [0.3, 0.4) is 0 Å². The van der Waals surface area contributed by atoms with Crippen LogP contribution in [0.25, 0.3) is 0 Å². The Hall–Kier alpha value is -2.33. The number of hydrogen-bond donors (Lipinski definition) is 2. The van der Waals surface area contributed by atoms with E-state index in [-0.39, 0.29) is 12.5 Å². The number of carbonyl (C=O) groups is 1. The van der Waals surface area contributed by atoms with Crippen molar-refractivity contribution in [2.45, 2.75) is 25.4 Å². The van der Waals surface area contributed by atoms with Gasteiger partial charge in [0.05, 0.1) is 18.6 Å². The van der Waals surface area contributed by atoms with Gasteiger partial charge in [-0.2, -0.15) is 0 Å². The Morgan fingerprint density at radius 1 is 1.17 bits per heavy atom. The maximum Gasteiger partial charge on any atom is 0.230 e. The predicted molar refractivity (Wildman–Crippen MR) is 90.4 cm³/mol. The summed E-state index contributed by atoms with van der Waals surface area (Å²) in [6, 6.07) is 16.8. The van der Waals surface area contributed by atoms with E-state index in [4.69, 9.17) is 4.74 Å². The molecule has 0 saturated carbocycles. The summed E-state index contributed by atoms with van der Waals surface area (Å²) in [6.07, 6.45) is -0.777. The molecule has 0 bridgehead atoms. The molecule has 23 heavy (non-hydrogen) atoms. The van der Waals surface area contributed by atoms with E-state index < -0.39 is 11.5 Å². The second-order valence-electron chi connectivity index (χ2n) is 5.99. The number of nitrogens with one attached hydrogen (secondary N) is 1. The first-order valence-electron chi connectivity index (χ1n) is 7.61. The van der Waals surface area contributed by atoms with Crippen molar-refractivity contribution in [3.63, 3.8) is 0 Å². The summed E-state index contributed by atoms with van der Waals surface area (Å²) in [7, 11) is 1.58. The lowest BCUT2D eigenvalue weighted by Crippen LogP contribution is -2.41. The molecule has 0 aliphatic rings. The molecular weight excluding hydrogens is 290 g/mol. The van der Waals surface area contributed by atoms with Gasteiger partial charge in [0, 0.05) is 6.54 Å². The molecule has 0 fully saturated rings. The molecule has 0 aliphatic heterocycles. The van der Waals surface area contributed by atoms with E-state index >= 15 is 0 Å². The van der Waals surface area contributed by atoms with Crippen molar-refractivity contribution >= 4 is 5.91 Å². The number of amides is 1. The van der Waals surface area contributed by atoms with Crippen LogP contribution < -0.4 is 10.1 Å².